The molecule has 6 atom stereocenters. The summed E-state index contributed by atoms with van der Waals surface area (Å²) in [4.78, 5) is 0. The average molecular weight is 290 g/mol. The Morgan fingerprint density at radius 3 is 2.71 bits per heavy atom. The molecule has 1 spiro atoms. The lowest BCUT2D eigenvalue weighted by Gasteiger charge is -2.55. The third-order valence-corrected chi connectivity index (χ3v) is 7.26. The summed E-state index contributed by atoms with van der Waals surface area (Å²) in [6, 6.07) is 0. The van der Waals surface area contributed by atoms with Crippen molar-refractivity contribution in [1.82, 2.24) is 0 Å². The first kappa shape index (κ1) is 12.8. The molecule has 4 nitrogen and oxygen atoms in total. The molecule has 1 saturated carbocycles. The second kappa shape index (κ2) is 3.46. The summed E-state index contributed by atoms with van der Waals surface area (Å²) in [6.07, 6.45) is 10.3. The maximum Gasteiger partial charge on any atom is 0.102 e. The fourth-order valence-corrected chi connectivity index (χ4v) is 6.40. The SMILES string of the molecule is C[C@@]12C=C[C@@H](O1)[C@]1(CO)[C@@]2(CO)[C@H]2C=C3CCCC[C@]31O2. The molecule has 0 amide bonds. The zero-order valence-corrected chi connectivity index (χ0v) is 12.3. The molecule has 0 unspecified atom stereocenters. The van der Waals surface area contributed by atoms with Crippen LogP contribution in [0.2, 0.25) is 0 Å². The summed E-state index contributed by atoms with van der Waals surface area (Å²) in [5, 5.41) is 20.9. The molecule has 21 heavy (non-hydrogen) atoms. The zero-order valence-electron chi connectivity index (χ0n) is 12.3. The molecule has 4 aliphatic heterocycles. The normalized spacial score (nSPS) is 59.3. The smallest absolute Gasteiger partial charge is 0.102 e. The summed E-state index contributed by atoms with van der Waals surface area (Å²) < 4.78 is 12.8. The van der Waals surface area contributed by atoms with Crippen LogP contribution in [0.3, 0.4) is 0 Å². The van der Waals surface area contributed by atoms with E-state index in [2.05, 4.69) is 18.2 Å². The first-order valence-corrected chi connectivity index (χ1v) is 8.08. The largest absolute Gasteiger partial charge is 0.396 e. The molecule has 5 rings (SSSR count). The number of rotatable bonds is 2. The Morgan fingerprint density at radius 2 is 1.95 bits per heavy atom. The van der Waals surface area contributed by atoms with E-state index in [9.17, 15) is 10.2 Å². The number of hydrogen-bond donors (Lipinski definition) is 2. The first-order valence-electron chi connectivity index (χ1n) is 8.08. The molecule has 2 N–H and O–H groups in total. The number of hydrogen-bond acceptors (Lipinski definition) is 4. The summed E-state index contributed by atoms with van der Waals surface area (Å²) in [5.74, 6) is 0. The molecule has 4 bridgehead atoms. The van der Waals surface area contributed by atoms with Crippen LogP contribution in [0, 0.1) is 10.8 Å². The van der Waals surface area contributed by atoms with E-state index in [-0.39, 0.29) is 25.4 Å². The van der Waals surface area contributed by atoms with Crippen molar-refractivity contribution in [2.24, 2.45) is 10.8 Å². The highest BCUT2D eigenvalue weighted by atomic mass is 16.6. The third kappa shape index (κ3) is 0.945. The van der Waals surface area contributed by atoms with Gasteiger partial charge in [-0.05, 0) is 38.2 Å². The fraction of sp³-hybridized carbons (Fsp3) is 0.765. The summed E-state index contributed by atoms with van der Waals surface area (Å²) in [7, 11) is 0. The molecule has 0 aromatic rings. The molecule has 4 heteroatoms. The summed E-state index contributed by atoms with van der Waals surface area (Å²) in [6.45, 7) is 2.03. The van der Waals surface area contributed by atoms with E-state index in [1.807, 2.05) is 6.92 Å². The van der Waals surface area contributed by atoms with Gasteiger partial charge in [0.15, 0.2) is 0 Å². The van der Waals surface area contributed by atoms with Gasteiger partial charge in [0.25, 0.3) is 0 Å². The van der Waals surface area contributed by atoms with Gasteiger partial charge >= 0.3 is 0 Å². The van der Waals surface area contributed by atoms with Crippen LogP contribution in [-0.2, 0) is 9.47 Å². The molecule has 1 aliphatic carbocycles. The van der Waals surface area contributed by atoms with Gasteiger partial charge in [-0.2, -0.15) is 0 Å². The number of fused-ring (bicyclic) bond motifs is 7. The Morgan fingerprint density at radius 1 is 1.14 bits per heavy atom. The van der Waals surface area contributed by atoms with Crippen LogP contribution in [0.1, 0.15) is 32.6 Å². The van der Waals surface area contributed by atoms with E-state index in [1.54, 1.807) is 0 Å². The van der Waals surface area contributed by atoms with Crippen molar-refractivity contribution in [2.75, 3.05) is 13.2 Å². The van der Waals surface area contributed by atoms with Crippen molar-refractivity contribution in [2.45, 2.75) is 56.0 Å². The van der Waals surface area contributed by atoms with E-state index < -0.39 is 22.0 Å². The minimum absolute atomic E-state index is 0.00595. The second-order valence-electron chi connectivity index (χ2n) is 7.53. The van der Waals surface area contributed by atoms with Crippen LogP contribution in [0.5, 0.6) is 0 Å². The van der Waals surface area contributed by atoms with E-state index in [1.165, 1.54) is 12.0 Å². The van der Waals surface area contributed by atoms with Crippen molar-refractivity contribution in [3.63, 3.8) is 0 Å². The Bertz CT molecular complexity index is 583. The molecule has 0 aromatic carbocycles. The first-order chi connectivity index (χ1) is 10.1. The van der Waals surface area contributed by atoms with E-state index in [4.69, 9.17) is 9.47 Å². The predicted octanol–water partition coefficient (Wildman–Crippen LogP) is 1.32. The minimum Gasteiger partial charge on any atom is -0.396 e. The van der Waals surface area contributed by atoms with E-state index >= 15 is 0 Å². The Hall–Kier alpha value is -0.680. The lowest BCUT2D eigenvalue weighted by atomic mass is 9.44. The maximum atomic E-state index is 10.5. The van der Waals surface area contributed by atoms with Gasteiger partial charge in [0.1, 0.15) is 5.60 Å². The van der Waals surface area contributed by atoms with Gasteiger partial charge < -0.3 is 19.7 Å². The molecule has 5 aliphatic rings. The van der Waals surface area contributed by atoms with Crippen LogP contribution in [0.4, 0.5) is 0 Å². The lowest BCUT2D eigenvalue weighted by molar-refractivity contribution is -0.109. The van der Waals surface area contributed by atoms with Gasteiger partial charge in [0.05, 0.1) is 41.9 Å². The highest BCUT2D eigenvalue weighted by Crippen LogP contribution is 2.78. The van der Waals surface area contributed by atoms with E-state index in [0.717, 1.165) is 19.3 Å². The van der Waals surface area contributed by atoms with Gasteiger partial charge in [-0.25, -0.2) is 0 Å². The monoisotopic (exact) mass is 290 g/mol. The Kier molecular flexibility index (Phi) is 2.11. The van der Waals surface area contributed by atoms with Crippen molar-refractivity contribution < 1.29 is 19.7 Å². The van der Waals surface area contributed by atoms with Gasteiger partial charge in [-0.15, -0.1) is 0 Å². The van der Waals surface area contributed by atoms with Crippen LogP contribution < -0.4 is 0 Å². The van der Waals surface area contributed by atoms with E-state index in [0.29, 0.717) is 0 Å². The Balaban J connectivity index is 1.83. The molecular formula is C17H22O4. The standard InChI is InChI=1S/C17H22O4/c1-14-7-5-12(20-14)16(10-19)15(14,9-18)13-8-11-4-2-3-6-17(11,16)21-13/h5,7-8,12-13,18-19H,2-4,6,9-10H2,1H3/t12-,13-,14+,15+,16-,17+/m1/s1. The maximum absolute atomic E-state index is 10.5. The number of aliphatic hydroxyl groups excluding tert-OH is 2. The predicted molar refractivity (Wildman–Crippen MR) is 75.6 cm³/mol. The topological polar surface area (TPSA) is 58.9 Å². The van der Waals surface area contributed by atoms with Crippen molar-refractivity contribution in [1.29, 1.82) is 0 Å². The summed E-state index contributed by atoms with van der Waals surface area (Å²) >= 11 is 0. The molecule has 2 saturated heterocycles. The van der Waals surface area contributed by atoms with Gasteiger partial charge in [-0.1, -0.05) is 18.2 Å². The fourth-order valence-electron chi connectivity index (χ4n) is 6.40. The molecule has 0 aromatic heterocycles. The Labute approximate surface area is 124 Å². The number of ether oxygens (including phenoxy) is 2. The molecule has 4 heterocycles. The van der Waals surface area contributed by atoms with Gasteiger partial charge in [-0.3, -0.25) is 0 Å². The quantitative estimate of drug-likeness (QED) is 0.753. The van der Waals surface area contributed by atoms with Gasteiger partial charge in [0.2, 0.25) is 0 Å². The second-order valence-corrected chi connectivity index (χ2v) is 7.53. The summed E-state index contributed by atoms with van der Waals surface area (Å²) in [5.41, 5.74) is -0.740. The van der Waals surface area contributed by atoms with Crippen LogP contribution in [-0.4, -0.2) is 46.8 Å². The highest BCUT2D eigenvalue weighted by Gasteiger charge is 2.87. The molecule has 3 fully saturated rings. The van der Waals surface area contributed by atoms with Crippen LogP contribution in [0.25, 0.3) is 0 Å². The lowest BCUT2D eigenvalue weighted by Crippen LogP contribution is -2.66. The third-order valence-electron chi connectivity index (χ3n) is 7.26. The van der Waals surface area contributed by atoms with Crippen LogP contribution >= 0.6 is 0 Å². The molecular weight excluding hydrogens is 268 g/mol. The zero-order chi connectivity index (χ0) is 14.5. The highest BCUT2D eigenvalue weighted by molar-refractivity contribution is 5.50. The number of aliphatic hydroxyl groups is 2. The van der Waals surface area contributed by atoms with Crippen molar-refractivity contribution in [3.8, 4) is 0 Å². The van der Waals surface area contributed by atoms with Crippen LogP contribution in [0.15, 0.2) is 23.8 Å². The average Bonchev–Trinajstić information content (AvgIpc) is 3.17. The minimum atomic E-state index is -0.561. The van der Waals surface area contributed by atoms with Crippen molar-refractivity contribution >= 4 is 0 Å². The van der Waals surface area contributed by atoms with Gasteiger partial charge in [0, 0.05) is 0 Å². The molecule has 0 radical (unpaired) electrons. The molecule has 114 valence electrons. The van der Waals surface area contributed by atoms with Crippen molar-refractivity contribution in [3.05, 3.63) is 23.8 Å².